The number of nitrogens with one attached hydrogen (secondary N) is 2. The van der Waals surface area contributed by atoms with Gasteiger partial charge in [-0.05, 0) is 31.4 Å². The highest BCUT2D eigenvalue weighted by Gasteiger charge is 2.15. The molecule has 0 saturated carbocycles. The lowest BCUT2D eigenvalue weighted by atomic mass is 10.0. The second-order valence-electron chi connectivity index (χ2n) is 4.83. The maximum atomic E-state index is 11.8. The van der Waals surface area contributed by atoms with E-state index in [2.05, 4.69) is 10.6 Å². The molecule has 0 fully saturated rings. The lowest BCUT2D eigenvalue weighted by Crippen LogP contribution is -2.41. The van der Waals surface area contributed by atoms with E-state index in [0.29, 0.717) is 12.3 Å². The van der Waals surface area contributed by atoms with Crippen molar-refractivity contribution in [1.82, 2.24) is 5.32 Å². The lowest BCUT2D eigenvalue weighted by molar-refractivity contribution is 0.227. The molecule has 0 aromatic heterocycles. The minimum absolute atomic E-state index is 0.0135. The monoisotopic (exact) mass is 250 g/mol. The van der Waals surface area contributed by atoms with Gasteiger partial charge in [0.05, 0.1) is 0 Å². The first kappa shape index (κ1) is 14.5. The predicted octanol–water partition coefficient (Wildman–Crippen LogP) is 2.52. The summed E-state index contributed by atoms with van der Waals surface area (Å²) in [4.78, 5) is 11.8. The SMILES string of the molecule is Cc1ccc(NC(=O)NC(CCO)C(C)C)cc1. The zero-order valence-corrected chi connectivity index (χ0v) is 11.2. The molecule has 4 nitrogen and oxygen atoms in total. The van der Waals surface area contributed by atoms with E-state index in [-0.39, 0.29) is 18.7 Å². The minimum Gasteiger partial charge on any atom is -0.396 e. The number of urea groups is 1. The smallest absolute Gasteiger partial charge is 0.319 e. The fraction of sp³-hybridized carbons (Fsp3) is 0.500. The summed E-state index contributed by atoms with van der Waals surface area (Å²) < 4.78 is 0. The second-order valence-corrected chi connectivity index (χ2v) is 4.83. The molecule has 1 aromatic rings. The molecule has 4 heteroatoms. The summed E-state index contributed by atoms with van der Waals surface area (Å²) in [6, 6.07) is 7.38. The van der Waals surface area contributed by atoms with Crippen LogP contribution in [0, 0.1) is 12.8 Å². The molecule has 0 spiro atoms. The van der Waals surface area contributed by atoms with E-state index in [1.165, 1.54) is 0 Å². The van der Waals surface area contributed by atoms with Crippen molar-refractivity contribution in [2.24, 2.45) is 5.92 Å². The van der Waals surface area contributed by atoms with Gasteiger partial charge in [-0.1, -0.05) is 31.5 Å². The van der Waals surface area contributed by atoms with Crippen LogP contribution in [0.15, 0.2) is 24.3 Å². The Balaban J connectivity index is 2.52. The Morgan fingerprint density at radius 1 is 1.28 bits per heavy atom. The molecule has 0 aliphatic carbocycles. The molecule has 0 saturated heterocycles. The Morgan fingerprint density at radius 3 is 2.39 bits per heavy atom. The average molecular weight is 250 g/mol. The highest BCUT2D eigenvalue weighted by molar-refractivity contribution is 5.89. The number of anilines is 1. The van der Waals surface area contributed by atoms with Gasteiger partial charge in [-0.3, -0.25) is 0 Å². The number of carbonyl (C=O) groups excluding carboxylic acids is 1. The maximum absolute atomic E-state index is 11.8. The fourth-order valence-electron chi connectivity index (χ4n) is 1.68. The number of hydrogen-bond acceptors (Lipinski definition) is 2. The molecule has 0 radical (unpaired) electrons. The van der Waals surface area contributed by atoms with Crippen LogP contribution < -0.4 is 10.6 Å². The highest BCUT2D eigenvalue weighted by Crippen LogP contribution is 2.10. The van der Waals surface area contributed by atoms with Crippen LogP contribution in [-0.2, 0) is 0 Å². The van der Waals surface area contributed by atoms with Gasteiger partial charge in [-0.2, -0.15) is 0 Å². The summed E-state index contributed by atoms with van der Waals surface area (Å²) in [5, 5.41) is 14.6. The number of benzene rings is 1. The standard InChI is InChI=1S/C14H22N2O2/c1-10(2)13(8-9-17)16-14(18)15-12-6-4-11(3)5-7-12/h4-7,10,13,17H,8-9H2,1-3H3,(H2,15,16,18). The van der Waals surface area contributed by atoms with Crippen LogP contribution in [0.1, 0.15) is 25.8 Å². The zero-order chi connectivity index (χ0) is 13.5. The van der Waals surface area contributed by atoms with Crippen molar-refractivity contribution in [3.05, 3.63) is 29.8 Å². The topological polar surface area (TPSA) is 61.4 Å². The normalized spacial score (nSPS) is 12.3. The number of hydrogen-bond donors (Lipinski definition) is 3. The van der Waals surface area contributed by atoms with E-state index in [4.69, 9.17) is 5.11 Å². The van der Waals surface area contributed by atoms with Crippen LogP contribution in [0.5, 0.6) is 0 Å². The summed E-state index contributed by atoms with van der Waals surface area (Å²) in [5.41, 5.74) is 1.92. The molecular formula is C14H22N2O2. The van der Waals surface area contributed by atoms with E-state index in [1.54, 1.807) is 0 Å². The van der Waals surface area contributed by atoms with Crippen LogP contribution in [0.2, 0.25) is 0 Å². The molecule has 18 heavy (non-hydrogen) atoms. The number of aliphatic hydroxyl groups excluding tert-OH is 1. The molecule has 1 rings (SSSR count). The van der Waals surface area contributed by atoms with Crippen LogP contribution in [0.3, 0.4) is 0 Å². The van der Waals surface area contributed by atoms with Gasteiger partial charge < -0.3 is 15.7 Å². The van der Waals surface area contributed by atoms with E-state index in [1.807, 2.05) is 45.0 Å². The Bertz CT molecular complexity index is 374. The molecule has 0 bridgehead atoms. The molecule has 1 aromatic carbocycles. The van der Waals surface area contributed by atoms with Crippen LogP contribution in [0.25, 0.3) is 0 Å². The van der Waals surface area contributed by atoms with Crippen molar-refractivity contribution in [1.29, 1.82) is 0 Å². The molecule has 100 valence electrons. The van der Waals surface area contributed by atoms with Gasteiger partial charge in [-0.25, -0.2) is 4.79 Å². The van der Waals surface area contributed by atoms with E-state index in [9.17, 15) is 4.79 Å². The van der Waals surface area contributed by atoms with Crippen LogP contribution >= 0.6 is 0 Å². The van der Waals surface area contributed by atoms with Crippen molar-refractivity contribution in [2.45, 2.75) is 33.2 Å². The first-order valence-electron chi connectivity index (χ1n) is 6.28. The molecule has 0 aliphatic rings. The fourth-order valence-corrected chi connectivity index (χ4v) is 1.68. The predicted molar refractivity (Wildman–Crippen MR) is 73.7 cm³/mol. The van der Waals surface area contributed by atoms with E-state index < -0.39 is 0 Å². The Morgan fingerprint density at radius 2 is 1.89 bits per heavy atom. The Hall–Kier alpha value is -1.55. The van der Waals surface area contributed by atoms with Gasteiger partial charge in [0, 0.05) is 18.3 Å². The molecule has 1 unspecified atom stereocenters. The van der Waals surface area contributed by atoms with Crippen molar-refractivity contribution < 1.29 is 9.90 Å². The summed E-state index contributed by atoms with van der Waals surface area (Å²) in [6.07, 6.45) is 0.568. The maximum Gasteiger partial charge on any atom is 0.319 e. The zero-order valence-electron chi connectivity index (χ0n) is 11.2. The van der Waals surface area contributed by atoms with Gasteiger partial charge >= 0.3 is 6.03 Å². The number of aliphatic hydroxyl groups is 1. The van der Waals surface area contributed by atoms with Gasteiger partial charge in [0.2, 0.25) is 0 Å². The lowest BCUT2D eigenvalue weighted by Gasteiger charge is -2.21. The van der Waals surface area contributed by atoms with Crippen LogP contribution in [0.4, 0.5) is 10.5 Å². The first-order chi connectivity index (χ1) is 8.52. The third-order valence-electron chi connectivity index (χ3n) is 2.87. The van der Waals surface area contributed by atoms with Gasteiger partial charge in [0.1, 0.15) is 0 Å². The summed E-state index contributed by atoms with van der Waals surface area (Å²) in [5.74, 6) is 0.293. The highest BCUT2D eigenvalue weighted by atomic mass is 16.3. The largest absolute Gasteiger partial charge is 0.396 e. The van der Waals surface area contributed by atoms with Crippen LogP contribution in [-0.4, -0.2) is 23.8 Å². The third-order valence-corrected chi connectivity index (χ3v) is 2.87. The van der Waals surface area contributed by atoms with Crippen molar-refractivity contribution in [3.8, 4) is 0 Å². The number of aryl methyl sites for hydroxylation is 1. The third kappa shape index (κ3) is 4.75. The second kappa shape index (κ2) is 7.01. The van der Waals surface area contributed by atoms with E-state index >= 15 is 0 Å². The van der Waals surface area contributed by atoms with E-state index in [0.717, 1.165) is 11.3 Å². The van der Waals surface area contributed by atoms with Crippen molar-refractivity contribution >= 4 is 11.7 Å². The number of amides is 2. The minimum atomic E-state index is -0.231. The molecule has 3 N–H and O–H groups in total. The van der Waals surface area contributed by atoms with Gasteiger partial charge in [0.15, 0.2) is 0 Å². The molecule has 1 atom stereocenters. The number of carbonyl (C=O) groups is 1. The van der Waals surface area contributed by atoms with Gasteiger partial charge in [-0.15, -0.1) is 0 Å². The quantitative estimate of drug-likeness (QED) is 0.752. The first-order valence-corrected chi connectivity index (χ1v) is 6.28. The molecule has 0 aliphatic heterocycles. The average Bonchev–Trinajstić information content (AvgIpc) is 2.31. The Kier molecular flexibility index (Phi) is 5.65. The van der Waals surface area contributed by atoms with Crippen molar-refractivity contribution in [3.63, 3.8) is 0 Å². The van der Waals surface area contributed by atoms with Gasteiger partial charge in [0.25, 0.3) is 0 Å². The molecule has 0 heterocycles. The summed E-state index contributed by atoms with van der Waals surface area (Å²) in [7, 11) is 0. The van der Waals surface area contributed by atoms with Crippen molar-refractivity contribution in [2.75, 3.05) is 11.9 Å². The Labute approximate surface area is 108 Å². The summed E-state index contributed by atoms with van der Waals surface area (Å²) in [6.45, 7) is 6.12. The molecular weight excluding hydrogens is 228 g/mol. The molecule has 2 amide bonds. The number of rotatable bonds is 5. The summed E-state index contributed by atoms with van der Waals surface area (Å²) >= 11 is 0.